The van der Waals surface area contributed by atoms with Gasteiger partial charge < -0.3 is 15.1 Å². The van der Waals surface area contributed by atoms with Crippen LogP contribution in [0.3, 0.4) is 0 Å². The topological polar surface area (TPSA) is 87.5 Å². The van der Waals surface area contributed by atoms with Gasteiger partial charge in [0.15, 0.2) is 0 Å². The summed E-state index contributed by atoms with van der Waals surface area (Å²) in [6.45, 7) is 2.05. The SMILES string of the molecule is Cn1nc2ccccc2c1C(=O)N[C@H]1CC[C@H](CN2C(=O)C3(CCN(C(=O)C4CC4)CC3)c3ccccc32)CC1. The molecule has 8 nitrogen and oxygen atoms in total. The highest BCUT2D eigenvalue weighted by Crippen LogP contribution is 2.49. The van der Waals surface area contributed by atoms with Crippen LogP contribution in [0.4, 0.5) is 5.69 Å². The standard InChI is InChI=1S/C32H37N5O3/c1-35-28(24-6-2-4-8-26(24)34-35)29(38)33-23-14-10-21(11-15-23)20-37-27-9-5-3-7-25(27)32(31(37)40)16-18-36(19-17-32)30(39)22-12-13-22/h2-9,21-23H,10-20H2,1H3,(H,33,38)/t21-,23-. The normalized spacial score (nSPS) is 24.0. The lowest BCUT2D eigenvalue weighted by atomic mass is 9.73. The van der Waals surface area contributed by atoms with E-state index >= 15 is 0 Å². The Morgan fingerprint density at radius 3 is 2.40 bits per heavy atom. The molecule has 208 valence electrons. The van der Waals surface area contributed by atoms with Crippen molar-refractivity contribution >= 4 is 34.3 Å². The van der Waals surface area contributed by atoms with E-state index < -0.39 is 5.41 Å². The number of anilines is 1. The van der Waals surface area contributed by atoms with Gasteiger partial charge in [-0.25, -0.2) is 0 Å². The summed E-state index contributed by atoms with van der Waals surface area (Å²) in [6, 6.07) is 16.1. The number of nitrogens with one attached hydrogen (secondary N) is 1. The minimum absolute atomic E-state index is 0.0725. The lowest BCUT2D eigenvalue weighted by Crippen LogP contribution is -2.51. The van der Waals surface area contributed by atoms with Gasteiger partial charge >= 0.3 is 0 Å². The van der Waals surface area contributed by atoms with Crippen LogP contribution in [0.25, 0.3) is 10.9 Å². The van der Waals surface area contributed by atoms with Crippen LogP contribution in [0.5, 0.6) is 0 Å². The molecule has 0 radical (unpaired) electrons. The zero-order valence-corrected chi connectivity index (χ0v) is 23.1. The van der Waals surface area contributed by atoms with Gasteiger partial charge in [-0.05, 0) is 75.0 Å². The quantitative estimate of drug-likeness (QED) is 0.527. The summed E-state index contributed by atoms with van der Waals surface area (Å²) in [7, 11) is 1.82. The maximum atomic E-state index is 14.1. The first kappa shape index (κ1) is 25.3. The predicted molar refractivity (Wildman–Crippen MR) is 153 cm³/mol. The maximum Gasteiger partial charge on any atom is 0.270 e. The minimum Gasteiger partial charge on any atom is -0.348 e. The van der Waals surface area contributed by atoms with E-state index in [1.165, 1.54) is 0 Å². The molecule has 2 saturated carbocycles. The van der Waals surface area contributed by atoms with Crippen LogP contribution in [-0.4, -0.2) is 58.1 Å². The number of nitrogens with zero attached hydrogens (tertiary/aromatic N) is 4. The van der Waals surface area contributed by atoms with E-state index in [0.717, 1.165) is 67.2 Å². The molecule has 3 fully saturated rings. The fourth-order valence-corrected chi connectivity index (χ4v) is 7.38. The minimum atomic E-state index is -0.506. The van der Waals surface area contributed by atoms with Crippen molar-refractivity contribution in [3.05, 3.63) is 59.8 Å². The average Bonchev–Trinajstić information content (AvgIpc) is 3.74. The van der Waals surface area contributed by atoms with Crippen LogP contribution in [0.15, 0.2) is 48.5 Å². The first-order valence-electron chi connectivity index (χ1n) is 14.9. The molecule has 1 N–H and O–H groups in total. The zero-order valence-electron chi connectivity index (χ0n) is 23.1. The molecule has 40 heavy (non-hydrogen) atoms. The van der Waals surface area contributed by atoms with Crippen molar-refractivity contribution in [1.29, 1.82) is 0 Å². The van der Waals surface area contributed by atoms with Gasteiger partial charge in [0.25, 0.3) is 5.91 Å². The fourth-order valence-electron chi connectivity index (χ4n) is 7.38. The molecular formula is C32H37N5O3. The second kappa shape index (κ2) is 9.75. The summed E-state index contributed by atoms with van der Waals surface area (Å²) in [6.07, 6.45) is 7.20. The van der Waals surface area contributed by atoms with E-state index in [1.54, 1.807) is 4.68 Å². The zero-order chi connectivity index (χ0) is 27.4. The Morgan fingerprint density at radius 1 is 0.950 bits per heavy atom. The lowest BCUT2D eigenvalue weighted by Gasteiger charge is -2.39. The molecule has 2 aromatic carbocycles. The number of benzene rings is 2. The van der Waals surface area contributed by atoms with E-state index in [0.29, 0.717) is 37.5 Å². The molecule has 0 atom stereocenters. The molecule has 7 rings (SSSR count). The summed E-state index contributed by atoms with van der Waals surface area (Å²) >= 11 is 0. The third kappa shape index (κ3) is 4.19. The molecule has 0 unspecified atom stereocenters. The molecular weight excluding hydrogens is 502 g/mol. The first-order valence-corrected chi connectivity index (χ1v) is 14.9. The van der Waals surface area contributed by atoms with E-state index in [2.05, 4.69) is 22.5 Å². The predicted octanol–water partition coefficient (Wildman–Crippen LogP) is 4.18. The Hall–Kier alpha value is -3.68. The second-order valence-corrected chi connectivity index (χ2v) is 12.3. The Labute approximate surface area is 234 Å². The van der Waals surface area contributed by atoms with Gasteiger partial charge in [0, 0.05) is 49.7 Å². The number of hydrogen-bond acceptors (Lipinski definition) is 4. The molecule has 2 aliphatic carbocycles. The van der Waals surface area contributed by atoms with Crippen molar-refractivity contribution < 1.29 is 14.4 Å². The van der Waals surface area contributed by atoms with Gasteiger partial charge in [-0.15, -0.1) is 0 Å². The Kier molecular flexibility index (Phi) is 6.17. The van der Waals surface area contributed by atoms with Crippen molar-refractivity contribution in [1.82, 2.24) is 20.0 Å². The number of carbonyl (C=O) groups excluding carboxylic acids is 3. The molecule has 1 spiro atoms. The molecule has 3 heterocycles. The molecule has 2 aliphatic heterocycles. The molecule has 3 amide bonds. The number of hydrogen-bond donors (Lipinski definition) is 1. The van der Waals surface area contributed by atoms with Crippen LogP contribution in [0, 0.1) is 11.8 Å². The molecule has 4 aliphatic rings. The lowest BCUT2D eigenvalue weighted by molar-refractivity contribution is -0.136. The summed E-state index contributed by atoms with van der Waals surface area (Å²) in [5, 5.41) is 8.61. The number of rotatable bonds is 5. The van der Waals surface area contributed by atoms with Crippen LogP contribution in [-0.2, 0) is 22.1 Å². The number of aromatic nitrogens is 2. The van der Waals surface area contributed by atoms with Gasteiger partial charge in [-0.1, -0.05) is 36.4 Å². The van der Waals surface area contributed by atoms with Crippen LogP contribution < -0.4 is 10.2 Å². The van der Waals surface area contributed by atoms with E-state index in [-0.39, 0.29) is 29.7 Å². The molecule has 8 heteroatoms. The average molecular weight is 540 g/mol. The largest absolute Gasteiger partial charge is 0.348 e. The summed E-state index contributed by atoms with van der Waals surface area (Å²) in [4.78, 5) is 43.9. The van der Waals surface area contributed by atoms with Gasteiger partial charge in [0.1, 0.15) is 5.69 Å². The Balaban J connectivity index is 0.996. The fraction of sp³-hybridized carbons (Fsp3) is 0.500. The van der Waals surface area contributed by atoms with Crippen LogP contribution >= 0.6 is 0 Å². The Bertz CT molecular complexity index is 1470. The third-order valence-electron chi connectivity index (χ3n) is 9.80. The van der Waals surface area contributed by atoms with Gasteiger partial charge in [-0.2, -0.15) is 5.10 Å². The number of carbonyl (C=O) groups is 3. The van der Waals surface area contributed by atoms with E-state index in [1.807, 2.05) is 53.2 Å². The van der Waals surface area contributed by atoms with E-state index in [4.69, 9.17) is 0 Å². The third-order valence-corrected chi connectivity index (χ3v) is 9.80. The highest BCUT2D eigenvalue weighted by Gasteiger charge is 2.53. The Morgan fingerprint density at radius 2 is 1.65 bits per heavy atom. The van der Waals surface area contributed by atoms with Crippen LogP contribution in [0.1, 0.15) is 67.4 Å². The van der Waals surface area contributed by atoms with Crippen molar-refractivity contribution in [2.45, 2.75) is 62.8 Å². The molecule has 3 aromatic rings. The molecule has 1 aromatic heterocycles. The highest BCUT2D eigenvalue weighted by molar-refractivity contribution is 6.08. The first-order chi connectivity index (χ1) is 19.4. The number of amides is 3. The van der Waals surface area contributed by atoms with Crippen LogP contribution in [0.2, 0.25) is 0 Å². The van der Waals surface area contributed by atoms with Crippen molar-refractivity contribution in [2.24, 2.45) is 18.9 Å². The van der Waals surface area contributed by atoms with Gasteiger partial charge in [-0.3, -0.25) is 19.1 Å². The smallest absolute Gasteiger partial charge is 0.270 e. The number of fused-ring (bicyclic) bond motifs is 3. The number of para-hydroxylation sites is 1. The van der Waals surface area contributed by atoms with Crippen molar-refractivity contribution in [2.75, 3.05) is 24.5 Å². The monoisotopic (exact) mass is 539 g/mol. The van der Waals surface area contributed by atoms with Gasteiger partial charge in [0.05, 0.1) is 10.9 Å². The van der Waals surface area contributed by atoms with E-state index in [9.17, 15) is 14.4 Å². The number of aryl methyl sites for hydroxylation is 1. The maximum absolute atomic E-state index is 14.1. The summed E-state index contributed by atoms with van der Waals surface area (Å²) < 4.78 is 1.67. The molecule has 0 bridgehead atoms. The van der Waals surface area contributed by atoms with Crippen molar-refractivity contribution in [3.8, 4) is 0 Å². The number of piperidine rings is 1. The number of likely N-dealkylation sites (tertiary alicyclic amines) is 1. The summed E-state index contributed by atoms with van der Waals surface area (Å²) in [5.41, 5.74) is 3.11. The molecule has 1 saturated heterocycles. The van der Waals surface area contributed by atoms with Gasteiger partial charge in [0.2, 0.25) is 11.8 Å². The second-order valence-electron chi connectivity index (χ2n) is 12.3. The van der Waals surface area contributed by atoms with Crippen molar-refractivity contribution in [3.63, 3.8) is 0 Å². The summed E-state index contributed by atoms with van der Waals surface area (Å²) in [5.74, 6) is 1.04. The highest BCUT2D eigenvalue weighted by atomic mass is 16.2.